The molecule has 1 aromatic rings. The Morgan fingerprint density at radius 1 is 1.13 bits per heavy atom. The summed E-state index contributed by atoms with van der Waals surface area (Å²) in [5.74, 6) is 0.139. The predicted molar refractivity (Wildman–Crippen MR) is 119 cm³/mol. The molecule has 31 heavy (non-hydrogen) atoms. The van der Waals surface area contributed by atoms with E-state index in [2.05, 4.69) is 22.5 Å². The van der Waals surface area contributed by atoms with Gasteiger partial charge in [0.25, 0.3) is 0 Å². The number of aryl methyl sites for hydroxylation is 1. The number of hydrogen-bond donors (Lipinski definition) is 2. The molecule has 170 valence electrons. The van der Waals surface area contributed by atoms with Gasteiger partial charge in [-0.2, -0.15) is 0 Å². The van der Waals surface area contributed by atoms with E-state index in [1.807, 2.05) is 0 Å². The largest absolute Gasteiger partial charge is 0.444 e. The second kappa shape index (κ2) is 9.24. The van der Waals surface area contributed by atoms with Crippen molar-refractivity contribution in [3.8, 4) is 0 Å². The van der Waals surface area contributed by atoms with Crippen LogP contribution in [0.3, 0.4) is 0 Å². The lowest BCUT2D eigenvalue weighted by Crippen LogP contribution is -2.54. The minimum Gasteiger partial charge on any atom is -0.444 e. The van der Waals surface area contributed by atoms with Gasteiger partial charge in [0.05, 0.1) is 11.9 Å². The lowest BCUT2D eigenvalue weighted by atomic mass is 9.75. The molecule has 2 atom stereocenters. The summed E-state index contributed by atoms with van der Waals surface area (Å²) in [4.78, 5) is 43.6. The van der Waals surface area contributed by atoms with E-state index in [-0.39, 0.29) is 6.04 Å². The average Bonchev–Trinajstić information content (AvgIpc) is 2.61. The Hall–Kier alpha value is -2.64. The molecule has 0 radical (unpaired) electrons. The lowest BCUT2D eigenvalue weighted by Gasteiger charge is -2.45. The van der Waals surface area contributed by atoms with E-state index in [1.165, 1.54) is 12.6 Å². The SMILES string of the molecule is Cc1cc(NC(=O)C(=O)N2C[C@@H](C)CC[C@H]2C2CCC2)cnc1NC(=O)OC(C)(C)C. The zero-order chi connectivity index (χ0) is 22.8. The van der Waals surface area contributed by atoms with Gasteiger partial charge in [-0.15, -0.1) is 0 Å². The molecule has 1 saturated carbocycles. The number of nitrogens with one attached hydrogen (secondary N) is 2. The van der Waals surface area contributed by atoms with Gasteiger partial charge in [-0.05, 0) is 76.8 Å². The maximum absolute atomic E-state index is 13.0. The normalized spacial score (nSPS) is 21.8. The molecule has 0 spiro atoms. The second-order valence-electron chi connectivity index (χ2n) is 9.87. The number of carbonyl (C=O) groups is 3. The van der Waals surface area contributed by atoms with Gasteiger partial charge in [0.2, 0.25) is 0 Å². The summed E-state index contributed by atoms with van der Waals surface area (Å²) >= 11 is 0. The number of amides is 3. The molecule has 8 nitrogen and oxygen atoms in total. The van der Waals surface area contributed by atoms with Gasteiger partial charge in [0.15, 0.2) is 0 Å². The topological polar surface area (TPSA) is 101 Å². The Labute approximate surface area is 184 Å². The maximum atomic E-state index is 13.0. The van der Waals surface area contributed by atoms with Crippen LogP contribution >= 0.6 is 0 Å². The molecule has 3 amide bonds. The lowest BCUT2D eigenvalue weighted by molar-refractivity contribution is -0.148. The highest BCUT2D eigenvalue weighted by Gasteiger charge is 2.39. The van der Waals surface area contributed by atoms with E-state index < -0.39 is 23.5 Å². The molecule has 2 N–H and O–H groups in total. The van der Waals surface area contributed by atoms with Gasteiger partial charge in [0.1, 0.15) is 11.4 Å². The number of likely N-dealkylation sites (tertiary alicyclic amines) is 1. The number of hydrogen-bond acceptors (Lipinski definition) is 5. The molecule has 2 heterocycles. The number of piperidine rings is 1. The van der Waals surface area contributed by atoms with Crippen molar-refractivity contribution in [1.29, 1.82) is 0 Å². The molecular formula is C23H34N4O4. The van der Waals surface area contributed by atoms with Crippen LogP contribution in [0.2, 0.25) is 0 Å². The Bertz CT molecular complexity index is 844. The first-order valence-electron chi connectivity index (χ1n) is 11.1. The minimum absolute atomic E-state index is 0.170. The molecule has 1 aliphatic heterocycles. The summed E-state index contributed by atoms with van der Waals surface area (Å²) in [6, 6.07) is 1.84. The number of nitrogens with zero attached hydrogens (tertiary/aromatic N) is 2. The molecule has 0 bridgehead atoms. The van der Waals surface area contributed by atoms with Crippen molar-refractivity contribution >= 4 is 29.4 Å². The van der Waals surface area contributed by atoms with Crippen molar-refractivity contribution in [2.75, 3.05) is 17.2 Å². The third-order valence-electron chi connectivity index (χ3n) is 5.97. The number of pyridine rings is 1. The molecule has 2 fully saturated rings. The first-order valence-corrected chi connectivity index (χ1v) is 11.1. The molecule has 1 saturated heterocycles. The van der Waals surface area contributed by atoms with Crippen LogP contribution in [0, 0.1) is 18.8 Å². The molecule has 0 aromatic carbocycles. The summed E-state index contributed by atoms with van der Waals surface area (Å²) in [6.45, 7) is 9.85. The average molecular weight is 431 g/mol. The Morgan fingerprint density at radius 2 is 1.84 bits per heavy atom. The van der Waals surface area contributed by atoms with E-state index in [9.17, 15) is 14.4 Å². The highest BCUT2D eigenvalue weighted by molar-refractivity contribution is 6.39. The van der Waals surface area contributed by atoms with E-state index in [4.69, 9.17) is 4.74 Å². The molecule has 3 rings (SSSR count). The van der Waals surface area contributed by atoms with Gasteiger partial charge in [-0.1, -0.05) is 13.3 Å². The van der Waals surface area contributed by atoms with E-state index >= 15 is 0 Å². The molecule has 1 aliphatic carbocycles. The standard InChI is InChI=1S/C23H34N4O4/c1-14-9-10-18(16-7-6-8-16)27(13-14)21(29)20(28)25-17-11-15(2)19(24-12-17)26-22(30)31-23(3,4)5/h11-12,14,16,18H,6-10,13H2,1-5H3,(H,25,28)(H,24,26,30)/t14-,18-/m0/s1. The zero-order valence-electron chi connectivity index (χ0n) is 19.2. The smallest absolute Gasteiger partial charge is 0.413 e. The van der Waals surface area contributed by atoms with Crippen LogP contribution in [0.1, 0.15) is 65.4 Å². The van der Waals surface area contributed by atoms with Crippen LogP contribution in [0.15, 0.2) is 12.3 Å². The summed E-state index contributed by atoms with van der Waals surface area (Å²) in [5.41, 5.74) is 0.445. The van der Waals surface area contributed by atoms with Crippen molar-refractivity contribution in [2.45, 2.75) is 78.4 Å². The molecule has 0 unspecified atom stereocenters. The zero-order valence-corrected chi connectivity index (χ0v) is 19.2. The van der Waals surface area contributed by atoms with E-state index in [0.717, 1.165) is 25.7 Å². The van der Waals surface area contributed by atoms with Gasteiger partial charge < -0.3 is 15.0 Å². The molecule has 1 aromatic heterocycles. The third-order valence-corrected chi connectivity index (χ3v) is 5.97. The first-order chi connectivity index (χ1) is 14.5. The van der Waals surface area contributed by atoms with Crippen molar-refractivity contribution < 1.29 is 19.1 Å². The van der Waals surface area contributed by atoms with Crippen molar-refractivity contribution in [1.82, 2.24) is 9.88 Å². The Kier molecular flexibility index (Phi) is 6.86. The predicted octanol–water partition coefficient (Wildman–Crippen LogP) is 4.10. The number of aromatic nitrogens is 1. The molecule has 8 heteroatoms. The number of ether oxygens (including phenoxy) is 1. The fraction of sp³-hybridized carbons (Fsp3) is 0.652. The van der Waals surface area contributed by atoms with Crippen molar-refractivity contribution in [3.05, 3.63) is 17.8 Å². The van der Waals surface area contributed by atoms with E-state index in [0.29, 0.717) is 35.4 Å². The Balaban J connectivity index is 1.63. The molecular weight excluding hydrogens is 396 g/mol. The second-order valence-corrected chi connectivity index (χ2v) is 9.87. The first kappa shape index (κ1) is 23.0. The van der Waals surface area contributed by atoms with Crippen molar-refractivity contribution in [3.63, 3.8) is 0 Å². The number of carbonyl (C=O) groups excluding carboxylic acids is 3. The fourth-order valence-corrected chi connectivity index (χ4v) is 4.21. The van der Waals surface area contributed by atoms with Crippen molar-refractivity contribution in [2.24, 2.45) is 11.8 Å². The summed E-state index contributed by atoms with van der Waals surface area (Å²) < 4.78 is 5.23. The van der Waals surface area contributed by atoms with E-state index in [1.54, 1.807) is 38.7 Å². The van der Waals surface area contributed by atoms with Gasteiger partial charge in [-0.25, -0.2) is 9.78 Å². The quantitative estimate of drug-likeness (QED) is 0.703. The number of anilines is 2. The van der Waals surface area contributed by atoms with Crippen LogP contribution in [-0.4, -0.2) is 46.0 Å². The van der Waals surface area contributed by atoms with Gasteiger partial charge in [-0.3, -0.25) is 14.9 Å². The van der Waals surface area contributed by atoms with Gasteiger partial charge in [0, 0.05) is 12.6 Å². The Morgan fingerprint density at radius 3 is 2.42 bits per heavy atom. The minimum atomic E-state index is -0.646. The van der Waals surface area contributed by atoms with Crippen LogP contribution in [0.4, 0.5) is 16.3 Å². The van der Waals surface area contributed by atoms with Gasteiger partial charge >= 0.3 is 17.9 Å². The van der Waals surface area contributed by atoms with Crippen LogP contribution in [0.25, 0.3) is 0 Å². The summed E-state index contributed by atoms with van der Waals surface area (Å²) in [6.07, 6.45) is 6.38. The molecule has 2 aliphatic rings. The van der Waals surface area contributed by atoms with Crippen LogP contribution < -0.4 is 10.6 Å². The van der Waals surface area contributed by atoms with Crippen LogP contribution in [0.5, 0.6) is 0 Å². The summed E-state index contributed by atoms with van der Waals surface area (Å²) in [5, 5.41) is 5.27. The third kappa shape index (κ3) is 5.95. The number of rotatable bonds is 3. The highest BCUT2D eigenvalue weighted by Crippen LogP contribution is 2.37. The van der Waals surface area contributed by atoms with Crippen LogP contribution in [-0.2, 0) is 14.3 Å². The summed E-state index contributed by atoms with van der Waals surface area (Å²) in [7, 11) is 0. The highest BCUT2D eigenvalue weighted by atomic mass is 16.6. The monoisotopic (exact) mass is 430 g/mol. The maximum Gasteiger partial charge on any atom is 0.413 e. The fourth-order valence-electron chi connectivity index (χ4n) is 4.21.